The highest BCUT2D eigenvalue weighted by molar-refractivity contribution is 5.89. The zero-order valence-electron chi connectivity index (χ0n) is 11.4. The molecule has 0 atom stereocenters. The number of hydrogen-bond acceptors (Lipinski definition) is 4. The number of benzene rings is 1. The van der Waals surface area contributed by atoms with E-state index < -0.39 is 0 Å². The molecule has 0 aliphatic carbocycles. The summed E-state index contributed by atoms with van der Waals surface area (Å²) in [6, 6.07) is 6.17. The zero-order valence-corrected chi connectivity index (χ0v) is 11.4. The molecule has 1 aromatic heterocycles. The molecule has 1 N–H and O–H groups in total. The number of fused-ring (bicyclic) bond motifs is 1. The summed E-state index contributed by atoms with van der Waals surface area (Å²) >= 11 is 0. The van der Waals surface area contributed by atoms with E-state index >= 15 is 0 Å². The molecular formula is C14H21N3O. The number of nitrogens with one attached hydrogen (secondary N) is 1. The minimum absolute atomic E-state index is 0.859. The van der Waals surface area contributed by atoms with Crippen LogP contribution in [0.25, 0.3) is 11.0 Å². The smallest absolute Gasteiger partial charge is 0.179 e. The summed E-state index contributed by atoms with van der Waals surface area (Å²) in [5, 5.41) is 8.65. The predicted molar refractivity (Wildman–Crippen MR) is 75.2 cm³/mol. The number of anilines is 1. The summed E-state index contributed by atoms with van der Waals surface area (Å²) in [6.45, 7) is 10.2. The maximum atomic E-state index is 5.38. The fraction of sp³-hybridized carbons (Fsp3) is 0.500. The molecule has 1 aromatic carbocycles. The lowest BCUT2D eigenvalue weighted by molar-refractivity contribution is 0.454. The van der Waals surface area contributed by atoms with Crippen LogP contribution in [0.2, 0.25) is 0 Å². The first-order valence-electron chi connectivity index (χ1n) is 6.58. The number of aryl methyl sites for hydroxylation is 1. The van der Waals surface area contributed by atoms with Crippen LogP contribution >= 0.6 is 0 Å². The summed E-state index contributed by atoms with van der Waals surface area (Å²) in [4.78, 5) is 2.24. The maximum absolute atomic E-state index is 5.38. The highest BCUT2D eigenvalue weighted by atomic mass is 16.5. The molecule has 4 nitrogen and oxygen atoms in total. The number of hydrogen-bond donors (Lipinski definition) is 1. The highest BCUT2D eigenvalue weighted by Gasteiger charge is 2.13. The SMILES string of the molecule is CCNCCN(CC)c1noc2ccc(C)cc12. The van der Waals surface area contributed by atoms with Crippen LogP contribution in [0.15, 0.2) is 22.7 Å². The van der Waals surface area contributed by atoms with Gasteiger partial charge in [0.05, 0.1) is 5.39 Å². The van der Waals surface area contributed by atoms with Crippen molar-refractivity contribution < 1.29 is 4.52 Å². The molecule has 0 spiro atoms. The fourth-order valence-corrected chi connectivity index (χ4v) is 2.07. The largest absolute Gasteiger partial charge is 0.354 e. The van der Waals surface area contributed by atoms with E-state index in [4.69, 9.17) is 4.52 Å². The van der Waals surface area contributed by atoms with Gasteiger partial charge in [-0.1, -0.05) is 23.7 Å². The molecule has 0 saturated carbocycles. The molecule has 0 fully saturated rings. The number of rotatable bonds is 6. The lowest BCUT2D eigenvalue weighted by Gasteiger charge is -2.20. The van der Waals surface area contributed by atoms with Gasteiger partial charge in [0.2, 0.25) is 0 Å². The topological polar surface area (TPSA) is 41.3 Å². The lowest BCUT2D eigenvalue weighted by Crippen LogP contribution is -2.32. The van der Waals surface area contributed by atoms with E-state index in [1.54, 1.807) is 0 Å². The predicted octanol–water partition coefficient (Wildman–Crippen LogP) is 2.57. The first-order chi connectivity index (χ1) is 8.76. The maximum Gasteiger partial charge on any atom is 0.179 e. The van der Waals surface area contributed by atoms with Crippen LogP contribution < -0.4 is 10.2 Å². The van der Waals surface area contributed by atoms with Gasteiger partial charge in [0, 0.05) is 19.6 Å². The molecule has 0 unspecified atom stereocenters. The van der Waals surface area contributed by atoms with E-state index in [0.717, 1.165) is 43.0 Å². The van der Waals surface area contributed by atoms with E-state index in [1.807, 2.05) is 12.1 Å². The number of likely N-dealkylation sites (N-methyl/N-ethyl adjacent to an activating group) is 2. The molecule has 0 radical (unpaired) electrons. The Bertz CT molecular complexity index is 507. The Morgan fingerprint density at radius 3 is 2.89 bits per heavy atom. The molecule has 18 heavy (non-hydrogen) atoms. The second-order valence-electron chi connectivity index (χ2n) is 4.44. The van der Waals surface area contributed by atoms with Crippen LogP contribution in [0.4, 0.5) is 5.82 Å². The minimum atomic E-state index is 0.859. The summed E-state index contributed by atoms with van der Waals surface area (Å²) in [5.74, 6) is 0.953. The van der Waals surface area contributed by atoms with Gasteiger partial charge in [-0.3, -0.25) is 0 Å². The van der Waals surface area contributed by atoms with Gasteiger partial charge < -0.3 is 14.7 Å². The Morgan fingerprint density at radius 1 is 1.33 bits per heavy atom. The van der Waals surface area contributed by atoms with E-state index in [1.165, 1.54) is 5.56 Å². The summed E-state index contributed by atoms with van der Waals surface area (Å²) in [5.41, 5.74) is 2.09. The zero-order chi connectivity index (χ0) is 13.0. The third kappa shape index (κ3) is 2.64. The van der Waals surface area contributed by atoms with Crippen molar-refractivity contribution in [3.8, 4) is 0 Å². The fourth-order valence-electron chi connectivity index (χ4n) is 2.07. The second kappa shape index (κ2) is 5.87. The Morgan fingerprint density at radius 2 is 2.17 bits per heavy atom. The first-order valence-corrected chi connectivity index (χ1v) is 6.58. The van der Waals surface area contributed by atoms with Crippen molar-refractivity contribution in [3.05, 3.63) is 23.8 Å². The quantitative estimate of drug-likeness (QED) is 0.797. The minimum Gasteiger partial charge on any atom is -0.354 e. The average Bonchev–Trinajstić information content (AvgIpc) is 2.78. The molecule has 2 rings (SSSR count). The molecule has 0 saturated heterocycles. The van der Waals surface area contributed by atoms with Crippen LogP contribution in [0.3, 0.4) is 0 Å². The van der Waals surface area contributed by atoms with Gasteiger partial charge in [0.1, 0.15) is 0 Å². The molecule has 0 aliphatic heterocycles. The third-order valence-corrected chi connectivity index (χ3v) is 3.10. The average molecular weight is 247 g/mol. The Balaban J connectivity index is 2.24. The summed E-state index contributed by atoms with van der Waals surface area (Å²) < 4.78 is 5.38. The Labute approximate surface area is 108 Å². The van der Waals surface area contributed by atoms with Crippen molar-refractivity contribution >= 4 is 16.8 Å². The van der Waals surface area contributed by atoms with E-state index in [9.17, 15) is 0 Å². The summed E-state index contributed by atoms with van der Waals surface area (Å²) in [7, 11) is 0. The number of nitrogens with zero attached hydrogens (tertiary/aromatic N) is 2. The molecule has 0 amide bonds. The van der Waals surface area contributed by atoms with Crippen molar-refractivity contribution in [3.63, 3.8) is 0 Å². The van der Waals surface area contributed by atoms with Gasteiger partial charge in [0.25, 0.3) is 0 Å². The van der Waals surface area contributed by atoms with Gasteiger partial charge >= 0.3 is 0 Å². The van der Waals surface area contributed by atoms with E-state index in [-0.39, 0.29) is 0 Å². The molecule has 1 heterocycles. The second-order valence-corrected chi connectivity index (χ2v) is 4.44. The molecular weight excluding hydrogens is 226 g/mol. The van der Waals surface area contributed by atoms with Crippen molar-refractivity contribution in [2.75, 3.05) is 31.1 Å². The van der Waals surface area contributed by atoms with Gasteiger partial charge in [-0.2, -0.15) is 0 Å². The van der Waals surface area contributed by atoms with E-state index in [2.05, 4.69) is 42.2 Å². The van der Waals surface area contributed by atoms with Crippen LogP contribution in [0.5, 0.6) is 0 Å². The van der Waals surface area contributed by atoms with Crippen LogP contribution in [0, 0.1) is 6.92 Å². The van der Waals surface area contributed by atoms with Crippen LogP contribution in [-0.2, 0) is 0 Å². The van der Waals surface area contributed by atoms with Crippen LogP contribution in [0.1, 0.15) is 19.4 Å². The van der Waals surface area contributed by atoms with Crippen molar-refractivity contribution in [2.24, 2.45) is 0 Å². The van der Waals surface area contributed by atoms with Gasteiger partial charge in [-0.05, 0) is 32.5 Å². The number of aromatic nitrogens is 1. The monoisotopic (exact) mass is 247 g/mol. The van der Waals surface area contributed by atoms with E-state index in [0.29, 0.717) is 0 Å². The standard InChI is InChI=1S/C14H21N3O/c1-4-15-8-9-17(5-2)14-12-10-11(3)6-7-13(12)18-16-14/h6-7,10,15H,4-5,8-9H2,1-3H3. The molecule has 2 aromatic rings. The lowest BCUT2D eigenvalue weighted by atomic mass is 10.2. The highest BCUT2D eigenvalue weighted by Crippen LogP contribution is 2.26. The van der Waals surface area contributed by atoms with Gasteiger partial charge in [0.15, 0.2) is 11.4 Å². The molecule has 4 heteroatoms. The van der Waals surface area contributed by atoms with Crippen LogP contribution in [-0.4, -0.2) is 31.3 Å². The van der Waals surface area contributed by atoms with Crippen molar-refractivity contribution in [2.45, 2.75) is 20.8 Å². The molecule has 0 bridgehead atoms. The Hall–Kier alpha value is -1.55. The third-order valence-electron chi connectivity index (χ3n) is 3.10. The normalized spacial score (nSPS) is 11.1. The first kappa shape index (κ1) is 12.9. The van der Waals surface area contributed by atoms with Gasteiger partial charge in [-0.25, -0.2) is 0 Å². The summed E-state index contributed by atoms with van der Waals surface area (Å²) in [6.07, 6.45) is 0. The Kier molecular flexibility index (Phi) is 4.20. The van der Waals surface area contributed by atoms with Gasteiger partial charge in [-0.15, -0.1) is 0 Å². The van der Waals surface area contributed by atoms with Crippen molar-refractivity contribution in [1.82, 2.24) is 10.5 Å². The van der Waals surface area contributed by atoms with Crippen molar-refractivity contribution in [1.29, 1.82) is 0 Å². The molecule has 0 aliphatic rings. The molecule has 98 valence electrons.